The fourth-order valence-electron chi connectivity index (χ4n) is 1.82. The van der Waals surface area contributed by atoms with Crippen molar-refractivity contribution in [1.82, 2.24) is 4.98 Å². The van der Waals surface area contributed by atoms with Crippen LogP contribution in [0.5, 0.6) is 0 Å². The summed E-state index contributed by atoms with van der Waals surface area (Å²) in [6.45, 7) is 6.37. The molecular weight excluding hydrogens is 216 g/mol. The van der Waals surface area contributed by atoms with E-state index >= 15 is 0 Å². The largest absolute Gasteiger partial charge is 0.377 e. The molecule has 16 heavy (non-hydrogen) atoms. The molecule has 1 atom stereocenters. The van der Waals surface area contributed by atoms with Crippen LogP contribution in [0.1, 0.15) is 29.8 Å². The SMILES string of the molecule is Cc1cc(C)cc(NC(C)c2cscn2)c1. The van der Waals surface area contributed by atoms with Crippen molar-refractivity contribution < 1.29 is 0 Å². The molecule has 0 spiro atoms. The van der Waals surface area contributed by atoms with E-state index in [-0.39, 0.29) is 6.04 Å². The number of benzene rings is 1. The van der Waals surface area contributed by atoms with Crippen molar-refractivity contribution in [2.24, 2.45) is 0 Å². The summed E-state index contributed by atoms with van der Waals surface area (Å²) in [7, 11) is 0. The molecule has 0 radical (unpaired) electrons. The first-order chi connectivity index (χ1) is 7.65. The number of rotatable bonds is 3. The van der Waals surface area contributed by atoms with Crippen molar-refractivity contribution in [3.63, 3.8) is 0 Å². The molecule has 2 nitrogen and oxygen atoms in total. The van der Waals surface area contributed by atoms with Crippen LogP contribution in [0.15, 0.2) is 29.1 Å². The third-order valence-electron chi connectivity index (χ3n) is 2.50. The van der Waals surface area contributed by atoms with E-state index in [4.69, 9.17) is 0 Å². The number of aryl methyl sites for hydroxylation is 2. The van der Waals surface area contributed by atoms with Gasteiger partial charge in [0.25, 0.3) is 0 Å². The van der Waals surface area contributed by atoms with Gasteiger partial charge in [-0.3, -0.25) is 0 Å². The molecule has 84 valence electrons. The molecular formula is C13H16N2S. The molecule has 1 heterocycles. The third-order valence-corrected chi connectivity index (χ3v) is 3.10. The zero-order chi connectivity index (χ0) is 11.5. The van der Waals surface area contributed by atoms with Crippen LogP contribution in [0.2, 0.25) is 0 Å². The number of anilines is 1. The zero-order valence-corrected chi connectivity index (χ0v) is 10.6. The van der Waals surface area contributed by atoms with E-state index in [1.54, 1.807) is 11.3 Å². The smallest absolute Gasteiger partial charge is 0.0795 e. The van der Waals surface area contributed by atoms with Crippen LogP contribution in [0.4, 0.5) is 5.69 Å². The number of hydrogen-bond acceptors (Lipinski definition) is 3. The van der Waals surface area contributed by atoms with Crippen LogP contribution >= 0.6 is 11.3 Å². The minimum Gasteiger partial charge on any atom is -0.377 e. The van der Waals surface area contributed by atoms with Gasteiger partial charge in [-0.1, -0.05) is 6.07 Å². The Kier molecular flexibility index (Phi) is 3.25. The molecule has 2 aromatic rings. The second-order valence-electron chi connectivity index (χ2n) is 4.16. The standard InChI is InChI=1S/C13H16N2S/c1-9-4-10(2)6-12(5-9)15-11(3)13-7-16-8-14-13/h4-8,11,15H,1-3H3. The van der Waals surface area contributed by atoms with E-state index in [0.29, 0.717) is 0 Å². The maximum Gasteiger partial charge on any atom is 0.0795 e. The summed E-state index contributed by atoms with van der Waals surface area (Å²) in [4.78, 5) is 4.31. The molecule has 1 unspecified atom stereocenters. The van der Waals surface area contributed by atoms with Gasteiger partial charge in [-0.15, -0.1) is 11.3 Å². The Bertz CT molecular complexity index is 443. The number of hydrogen-bond donors (Lipinski definition) is 1. The van der Waals surface area contributed by atoms with E-state index in [1.165, 1.54) is 11.1 Å². The van der Waals surface area contributed by atoms with Gasteiger partial charge in [-0.25, -0.2) is 4.98 Å². The molecule has 0 saturated heterocycles. The van der Waals surface area contributed by atoms with Crippen LogP contribution in [0.3, 0.4) is 0 Å². The minimum atomic E-state index is 0.257. The fraction of sp³-hybridized carbons (Fsp3) is 0.308. The van der Waals surface area contributed by atoms with Crippen molar-refractivity contribution in [3.8, 4) is 0 Å². The van der Waals surface area contributed by atoms with Gasteiger partial charge in [0.15, 0.2) is 0 Å². The summed E-state index contributed by atoms with van der Waals surface area (Å²) >= 11 is 1.63. The molecule has 1 N–H and O–H groups in total. The zero-order valence-electron chi connectivity index (χ0n) is 9.82. The molecule has 0 saturated carbocycles. The van der Waals surface area contributed by atoms with Crippen molar-refractivity contribution in [2.45, 2.75) is 26.8 Å². The predicted octanol–water partition coefficient (Wildman–Crippen LogP) is 3.93. The maximum absolute atomic E-state index is 4.31. The highest BCUT2D eigenvalue weighted by atomic mass is 32.1. The number of thiazole rings is 1. The summed E-state index contributed by atoms with van der Waals surface area (Å²) in [5.41, 5.74) is 6.71. The lowest BCUT2D eigenvalue weighted by Crippen LogP contribution is -2.07. The molecule has 0 aliphatic rings. The quantitative estimate of drug-likeness (QED) is 0.867. The maximum atomic E-state index is 4.31. The Morgan fingerprint density at radius 3 is 2.44 bits per heavy atom. The average molecular weight is 232 g/mol. The summed E-state index contributed by atoms with van der Waals surface area (Å²) in [5, 5.41) is 5.55. The van der Waals surface area contributed by atoms with Crippen LogP contribution < -0.4 is 5.32 Å². The predicted molar refractivity (Wildman–Crippen MR) is 70.1 cm³/mol. The van der Waals surface area contributed by atoms with Crippen molar-refractivity contribution >= 4 is 17.0 Å². The van der Waals surface area contributed by atoms with Gasteiger partial charge in [0, 0.05) is 11.1 Å². The number of aromatic nitrogens is 1. The topological polar surface area (TPSA) is 24.9 Å². The van der Waals surface area contributed by atoms with Crippen LogP contribution in [0, 0.1) is 13.8 Å². The summed E-state index contributed by atoms with van der Waals surface area (Å²) < 4.78 is 0. The lowest BCUT2D eigenvalue weighted by molar-refractivity contribution is 0.849. The minimum absolute atomic E-state index is 0.257. The first kappa shape index (κ1) is 11.1. The highest BCUT2D eigenvalue weighted by molar-refractivity contribution is 7.07. The second-order valence-corrected chi connectivity index (χ2v) is 4.87. The van der Waals surface area contributed by atoms with E-state index in [9.17, 15) is 0 Å². The van der Waals surface area contributed by atoms with Crippen LogP contribution in [0.25, 0.3) is 0 Å². The third kappa shape index (κ3) is 2.61. The lowest BCUT2D eigenvalue weighted by atomic mass is 10.1. The summed E-state index contributed by atoms with van der Waals surface area (Å²) in [6, 6.07) is 6.76. The normalized spacial score (nSPS) is 12.4. The van der Waals surface area contributed by atoms with Gasteiger partial charge in [0.05, 0.1) is 17.2 Å². The van der Waals surface area contributed by atoms with Crippen molar-refractivity contribution in [2.75, 3.05) is 5.32 Å². The van der Waals surface area contributed by atoms with Crippen LogP contribution in [-0.2, 0) is 0 Å². The van der Waals surface area contributed by atoms with Crippen molar-refractivity contribution in [1.29, 1.82) is 0 Å². The molecule has 0 aliphatic carbocycles. The first-order valence-electron chi connectivity index (χ1n) is 5.38. The summed E-state index contributed by atoms with van der Waals surface area (Å²) in [5.74, 6) is 0. The first-order valence-corrected chi connectivity index (χ1v) is 6.32. The molecule has 0 bridgehead atoms. The second kappa shape index (κ2) is 4.66. The average Bonchev–Trinajstić information content (AvgIpc) is 2.68. The van der Waals surface area contributed by atoms with E-state index in [1.807, 2.05) is 5.51 Å². The van der Waals surface area contributed by atoms with Gasteiger partial charge in [0.2, 0.25) is 0 Å². The number of nitrogens with one attached hydrogen (secondary N) is 1. The van der Waals surface area contributed by atoms with E-state index in [2.05, 4.69) is 54.7 Å². The van der Waals surface area contributed by atoms with Crippen LogP contribution in [-0.4, -0.2) is 4.98 Å². The fourth-order valence-corrected chi connectivity index (χ4v) is 2.47. The van der Waals surface area contributed by atoms with E-state index < -0.39 is 0 Å². The van der Waals surface area contributed by atoms with Gasteiger partial charge in [-0.2, -0.15) is 0 Å². The molecule has 1 aromatic heterocycles. The highest BCUT2D eigenvalue weighted by Gasteiger charge is 2.07. The Morgan fingerprint density at radius 2 is 1.88 bits per heavy atom. The van der Waals surface area contributed by atoms with Gasteiger partial charge >= 0.3 is 0 Å². The Balaban J connectivity index is 2.15. The molecule has 3 heteroatoms. The Hall–Kier alpha value is -1.35. The molecule has 0 amide bonds. The molecule has 2 rings (SSSR count). The monoisotopic (exact) mass is 232 g/mol. The molecule has 0 aliphatic heterocycles. The Morgan fingerprint density at radius 1 is 1.19 bits per heavy atom. The highest BCUT2D eigenvalue weighted by Crippen LogP contribution is 2.21. The lowest BCUT2D eigenvalue weighted by Gasteiger charge is -2.14. The molecule has 0 fully saturated rings. The summed E-state index contributed by atoms with van der Waals surface area (Å²) in [6.07, 6.45) is 0. The Labute approximate surface area is 100 Å². The van der Waals surface area contributed by atoms with Crippen molar-refractivity contribution in [3.05, 3.63) is 45.9 Å². The van der Waals surface area contributed by atoms with Gasteiger partial charge in [-0.05, 0) is 44.0 Å². The number of nitrogens with zero attached hydrogens (tertiary/aromatic N) is 1. The van der Waals surface area contributed by atoms with Gasteiger partial charge < -0.3 is 5.32 Å². The van der Waals surface area contributed by atoms with Gasteiger partial charge in [0.1, 0.15) is 0 Å². The van der Waals surface area contributed by atoms with E-state index in [0.717, 1.165) is 11.4 Å². The molecule has 1 aromatic carbocycles.